The molecule has 0 atom stereocenters. The highest BCUT2D eigenvalue weighted by molar-refractivity contribution is 5.76. The third kappa shape index (κ3) is 4.27. The van der Waals surface area contributed by atoms with E-state index in [0.29, 0.717) is 30.9 Å². The van der Waals surface area contributed by atoms with E-state index >= 15 is 0 Å². The number of methoxy groups -OCH3 is 2. The number of furan rings is 1. The van der Waals surface area contributed by atoms with Crippen LogP contribution in [0.5, 0.6) is 11.5 Å². The van der Waals surface area contributed by atoms with Crippen molar-refractivity contribution in [3.63, 3.8) is 0 Å². The predicted molar refractivity (Wildman–Crippen MR) is 78.4 cm³/mol. The molecule has 0 unspecified atom stereocenters. The Morgan fingerprint density at radius 2 is 2.00 bits per heavy atom. The van der Waals surface area contributed by atoms with Crippen LogP contribution in [-0.2, 0) is 17.8 Å². The van der Waals surface area contributed by atoms with Crippen molar-refractivity contribution in [2.45, 2.75) is 19.4 Å². The fourth-order valence-electron chi connectivity index (χ4n) is 1.98. The van der Waals surface area contributed by atoms with Gasteiger partial charge in [0.05, 0.1) is 27.0 Å². The molecule has 2 rings (SSSR count). The van der Waals surface area contributed by atoms with Gasteiger partial charge in [-0.2, -0.15) is 0 Å². The van der Waals surface area contributed by atoms with E-state index in [2.05, 4.69) is 5.32 Å². The van der Waals surface area contributed by atoms with E-state index in [1.54, 1.807) is 26.5 Å². The number of amides is 1. The van der Waals surface area contributed by atoms with Gasteiger partial charge in [-0.15, -0.1) is 0 Å². The van der Waals surface area contributed by atoms with E-state index in [1.807, 2.05) is 24.3 Å². The van der Waals surface area contributed by atoms with Crippen LogP contribution < -0.4 is 14.8 Å². The number of aryl methyl sites for hydroxylation is 1. The molecule has 0 spiro atoms. The minimum atomic E-state index is -0.0128. The van der Waals surface area contributed by atoms with Crippen LogP contribution in [0.2, 0.25) is 0 Å². The molecule has 0 aliphatic carbocycles. The maximum atomic E-state index is 11.8. The Morgan fingerprint density at radius 1 is 1.19 bits per heavy atom. The number of rotatable bonds is 7. The molecule has 112 valence electrons. The first kappa shape index (κ1) is 15.0. The Hall–Kier alpha value is -2.43. The molecule has 0 fully saturated rings. The third-order valence-corrected chi connectivity index (χ3v) is 3.13. The fraction of sp³-hybridized carbons (Fsp3) is 0.312. The molecule has 0 saturated heterocycles. The Morgan fingerprint density at radius 3 is 2.67 bits per heavy atom. The van der Waals surface area contributed by atoms with Crippen molar-refractivity contribution < 1.29 is 18.7 Å². The lowest BCUT2D eigenvalue weighted by molar-refractivity contribution is -0.121. The van der Waals surface area contributed by atoms with E-state index in [1.165, 1.54) is 0 Å². The lowest BCUT2D eigenvalue weighted by Gasteiger charge is -2.09. The molecule has 0 saturated carbocycles. The molecule has 1 N–H and O–H groups in total. The topological polar surface area (TPSA) is 60.7 Å². The van der Waals surface area contributed by atoms with Crippen LogP contribution in [0.4, 0.5) is 0 Å². The van der Waals surface area contributed by atoms with Crippen LogP contribution in [0.3, 0.4) is 0 Å². The van der Waals surface area contributed by atoms with Gasteiger partial charge in [0, 0.05) is 6.42 Å². The van der Waals surface area contributed by atoms with Gasteiger partial charge in [-0.05, 0) is 36.2 Å². The van der Waals surface area contributed by atoms with Gasteiger partial charge in [0.2, 0.25) is 5.91 Å². The monoisotopic (exact) mass is 289 g/mol. The summed E-state index contributed by atoms with van der Waals surface area (Å²) in [6.07, 6.45) is 2.64. The summed E-state index contributed by atoms with van der Waals surface area (Å²) in [4.78, 5) is 11.8. The molecule has 21 heavy (non-hydrogen) atoms. The van der Waals surface area contributed by atoms with E-state index in [0.717, 1.165) is 11.3 Å². The van der Waals surface area contributed by atoms with Gasteiger partial charge in [0.1, 0.15) is 5.76 Å². The van der Waals surface area contributed by atoms with Crippen LogP contribution in [0.15, 0.2) is 41.0 Å². The number of hydrogen-bond donors (Lipinski definition) is 1. The summed E-state index contributed by atoms with van der Waals surface area (Å²) in [5.41, 5.74) is 1.03. The largest absolute Gasteiger partial charge is 0.493 e. The van der Waals surface area contributed by atoms with E-state index in [9.17, 15) is 4.79 Å². The molecule has 1 aromatic heterocycles. The zero-order valence-corrected chi connectivity index (χ0v) is 12.2. The van der Waals surface area contributed by atoms with Gasteiger partial charge in [-0.1, -0.05) is 6.07 Å². The minimum Gasteiger partial charge on any atom is -0.493 e. The highest BCUT2D eigenvalue weighted by Gasteiger charge is 2.07. The maximum Gasteiger partial charge on any atom is 0.220 e. The van der Waals surface area contributed by atoms with Gasteiger partial charge < -0.3 is 19.2 Å². The Balaban J connectivity index is 1.83. The van der Waals surface area contributed by atoms with Crippen molar-refractivity contribution in [3.8, 4) is 11.5 Å². The highest BCUT2D eigenvalue weighted by atomic mass is 16.5. The molecule has 1 heterocycles. The maximum absolute atomic E-state index is 11.8. The van der Waals surface area contributed by atoms with E-state index in [-0.39, 0.29) is 5.91 Å². The number of benzene rings is 1. The average molecular weight is 289 g/mol. The first-order valence-corrected chi connectivity index (χ1v) is 6.73. The Bertz CT molecular complexity index is 578. The molecule has 5 heteroatoms. The zero-order valence-electron chi connectivity index (χ0n) is 12.2. The number of ether oxygens (including phenoxy) is 2. The summed E-state index contributed by atoms with van der Waals surface area (Å²) in [6, 6.07) is 9.29. The summed E-state index contributed by atoms with van der Waals surface area (Å²) in [7, 11) is 3.19. The zero-order chi connectivity index (χ0) is 15.1. The second-order valence-electron chi connectivity index (χ2n) is 4.55. The number of nitrogens with one attached hydrogen (secondary N) is 1. The molecule has 1 amide bonds. The lowest BCUT2D eigenvalue weighted by atomic mass is 10.1. The van der Waals surface area contributed by atoms with Gasteiger partial charge in [0.15, 0.2) is 11.5 Å². The number of carbonyl (C=O) groups is 1. The minimum absolute atomic E-state index is 0.0128. The molecule has 1 aromatic carbocycles. The smallest absolute Gasteiger partial charge is 0.220 e. The molecule has 0 aliphatic rings. The van der Waals surface area contributed by atoms with Crippen LogP contribution in [0.1, 0.15) is 17.7 Å². The molecule has 0 bridgehead atoms. The molecule has 0 radical (unpaired) electrons. The van der Waals surface area contributed by atoms with Crippen LogP contribution in [-0.4, -0.2) is 20.1 Å². The summed E-state index contributed by atoms with van der Waals surface area (Å²) >= 11 is 0. The summed E-state index contributed by atoms with van der Waals surface area (Å²) in [5, 5.41) is 2.82. The quantitative estimate of drug-likeness (QED) is 0.851. The standard InChI is InChI=1S/C16H19NO4/c1-19-14-7-5-12(10-15(14)20-2)6-8-16(18)17-11-13-4-3-9-21-13/h3-5,7,9-10H,6,8,11H2,1-2H3,(H,17,18). The first-order valence-electron chi connectivity index (χ1n) is 6.73. The number of carbonyl (C=O) groups excluding carboxylic acids is 1. The van der Waals surface area contributed by atoms with Crippen molar-refractivity contribution in [3.05, 3.63) is 47.9 Å². The van der Waals surface area contributed by atoms with Crippen LogP contribution >= 0.6 is 0 Å². The van der Waals surface area contributed by atoms with Gasteiger partial charge in [0.25, 0.3) is 0 Å². The van der Waals surface area contributed by atoms with Crippen molar-refractivity contribution in [2.24, 2.45) is 0 Å². The third-order valence-electron chi connectivity index (χ3n) is 3.13. The molecule has 0 aliphatic heterocycles. The van der Waals surface area contributed by atoms with Crippen molar-refractivity contribution in [2.75, 3.05) is 14.2 Å². The van der Waals surface area contributed by atoms with E-state index in [4.69, 9.17) is 13.9 Å². The van der Waals surface area contributed by atoms with Crippen molar-refractivity contribution in [1.29, 1.82) is 0 Å². The van der Waals surface area contributed by atoms with Crippen molar-refractivity contribution >= 4 is 5.91 Å². The first-order chi connectivity index (χ1) is 10.2. The Kier molecular flexibility index (Phi) is 5.26. The second-order valence-corrected chi connectivity index (χ2v) is 4.55. The number of hydrogen-bond acceptors (Lipinski definition) is 4. The molecule has 2 aromatic rings. The van der Waals surface area contributed by atoms with Gasteiger partial charge >= 0.3 is 0 Å². The predicted octanol–water partition coefficient (Wildman–Crippen LogP) is 2.55. The summed E-state index contributed by atoms with van der Waals surface area (Å²) in [6.45, 7) is 0.414. The average Bonchev–Trinajstić information content (AvgIpc) is 3.04. The SMILES string of the molecule is COc1ccc(CCC(=O)NCc2ccco2)cc1OC. The van der Waals surface area contributed by atoms with Gasteiger partial charge in [-0.25, -0.2) is 0 Å². The molecule has 5 nitrogen and oxygen atoms in total. The van der Waals surface area contributed by atoms with Crippen molar-refractivity contribution in [1.82, 2.24) is 5.32 Å². The van der Waals surface area contributed by atoms with Gasteiger partial charge in [-0.3, -0.25) is 4.79 Å². The van der Waals surface area contributed by atoms with Crippen LogP contribution in [0.25, 0.3) is 0 Å². The second kappa shape index (κ2) is 7.38. The summed E-state index contributed by atoms with van der Waals surface area (Å²) in [5.74, 6) is 2.09. The Labute approximate surface area is 123 Å². The molecular weight excluding hydrogens is 270 g/mol. The molecular formula is C16H19NO4. The fourth-order valence-corrected chi connectivity index (χ4v) is 1.98. The lowest BCUT2D eigenvalue weighted by Crippen LogP contribution is -2.22. The highest BCUT2D eigenvalue weighted by Crippen LogP contribution is 2.27. The normalized spacial score (nSPS) is 10.2. The van der Waals surface area contributed by atoms with E-state index < -0.39 is 0 Å². The van der Waals surface area contributed by atoms with Crippen LogP contribution in [0, 0.1) is 0 Å². The summed E-state index contributed by atoms with van der Waals surface area (Å²) < 4.78 is 15.6.